The molecule has 3 aromatic rings. The van der Waals surface area contributed by atoms with Crippen LogP contribution in [0.3, 0.4) is 0 Å². The molecule has 0 unspecified atom stereocenters. The lowest BCUT2D eigenvalue weighted by molar-refractivity contribution is -0.114. The summed E-state index contributed by atoms with van der Waals surface area (Å²) in [4.78, 5) is 12.0. The maximum Gasteiger partial charge on any atom is 0.243 e. The van der Waals surface area contributed by atoms with Crippen LogP contribution in [0.5, 0.6) is 5.75 Å². The monoisotopic (exact) mass is 398 g/mol. The van der Waals surface area contributed by atoms with Crippen LogP contribution in [-0.2, 0) is 11.2 Å². The van der Waals surface area contributed by atoms with E-state index in [1.54, 1.807) is 0 Å². The molecule has 0 spiro atoms. The minimum Gasteiger partial charge on any atom is -0.493 e. The molecule has 0 radical (unpaired) electrons. The molecule has 3 rings (SSSR count). The number of carbonyl (C=O) groups is 1. The van der Waals surface area contributed by atoms with E-state index in [2.05, 4.69) is 22.8 Å². The Morgan fingerprint density at radius 1 is 0.964 bits per heavy atom. The first-order chi connectivity index (χ1) is 13.6. The fourth-order valence-electron chi connectivity index (χ4n) is 2.56. The lowest BCUT2D eigenvalue weighted by Crippen LogP contribution is -2.21. The standard InChI is InChI=1S/C22H20ClFN2O2/c23-20-14-18(8-11-21(20)24)26-22(27)15-25-17-6-9-19(10-7-17)28-13-12-16-4-2-1-3-5-16/h1-11,14,25H,12-13,15H2,(H,26,27). The normalized spacial score (nSPS) is 10.4. The first kappa shape index (κ1) is 19.7. The van der Waals surface area contributed by atoms with E-state index in [4.69, 9.17) is 16.3 Å². The molecule has 0 atom stereocenters. The van der Waals surface area contributed by atoms with Crippen molar-refractivity contribution in [2.45, 2.75) is 6.42 Å². The Labute approximate surface area is 168 Å². The zero-order chi connectivity index (χ0) is 19.8. The zero-order valence-electron chi connectivity index (χ0n) is 15.1. The van der Waals surface area contributed by atoms with Crippen LogP contribution < -0.4 is 15.4 Å². The molecule has 1 amide bonds. The number of halogens is 2. The molecule has 0 aliphatic carbocycles. The molecule has 0 heterocycles. The Hall–Kier alpha value is -3.05. The summed E-state index contributed by atoms with van der Waals surface area (Å²) in [7, 11) is 0. The van der Waals surface area contributed by atoms with E-state index in [0.717, 1.165) is 17.9 Å². The molecule has 144 valence electrons. The number of rotatable bonds is 8. The summed E-state index contributed by atoms with van der Waals surface area (Å²) >= 11 is 5.70. The molecule has 0 saturated carbocycles. The number of nitrogens with one attached hydrogen (secondary N) is 2. The van der Waals surface area contributed by atoms with Crippen molar-refractivity contribution in [3.05, 3.63) is 89.2 Å². The van der Waals surface area contributed by atoms with Crippen LogP contribution in [0.4, 0.5) is 15.8 Å². The highest BCUT2D eigenvalue weighted by Crippen LogP contribution is 2.19. The van der Waals surface area contributed by atoms with Gasteiger partial charge in [-0.2, -0.15) is 0 Å². The average molecular weight is 399 g/mol. The molecule has 0 aromatic heterocycles. The number of hydrogen-bond acceptors (Lipinski definition) is 3. The third-order valence-corrected chi connectivity index (χ3v) is 4.30. The van der Waals surface area contributed by atoms with Crippen LogP contribution in [0.15, 0.2) is 72.8 Å². The van der Waals surface area contributed by atoms with Gasteiger partial charge in [-0.1, -0.05) is 41.9 Å². The van der Waals surface area contributed by atoms with Crippen molar-refractivity contribution >= 4 is 28.9 Å². The molecule has 0 fully saturated rings. The third-order valence-electron chi connectivity index (χ3n) is 4.01. The van der Waals surface area contributed by atoms with Crippen molar-refractivity contribution in [1.82, 2.24) is 0 Å². The molecule has 3 aromatic carbocycles. The van der Waals surface area contributed by atoms with Crippen molar-refractivity contribution in [3.8, 4) is 5.75 Å². The highest BCUT2D eigenvalue weighted by Gasteiger charge is 2.05. The van der Waals surface area contributed by atoms with Gasteiger partial charge < -0.3 is 15.4 Å². The second kappa shape index (κ2) is 9.76. The second-order valence-corrected chi connectivity index (χ2v) is 6.55. The van der Waals surface area contributed by atoms with Crippen LogP contribution >= 0.6 is 11.6 Å². The molecule has 6 heteroatoms. The SMILES string of the molecule is O=C(CNc1ccc(OCCc2ccccc2)cc1)Nc1ccc(F)c(Cl)c1. The van der Waals surface area contributed by atoms with Crippen molar-refractivity contribution in [2.75, 3.05) is 23.8 Å². The van der Waals surface area contributed by atoms with E-state index in [0.29, 0.717) is 12.3 Å². The van der Waals surface area contributed by atoms with E-state index < -0.39 is 5.82 Å². The van der Waals surface area contributed by atoms with Gasteiger partial charge in [0.15, 0.2) is 0 Å². The molecule has 0 bridgehead atoms. The van der Waals surface area contributed by atoms with Gasteiger partial charge in [-0.3, -0.25) is 4.79 Å². The van der Waals surface area contributed by atoms with E-state index in [1.165, 1.54) is 23.8 Å². The van der Waals surface area contributed by atoms with Gasteiger partial charge in [0.2, 0.25) is 5.91 Å². The number of anilines is 2. The molecular formula is C22H20ClFN2O2. The van der Waals surface area contributed by atoms with Gasteiger partial charge in [-0.15, -0.1) is 0 Å². The molecule has 0 saturated heterocycles. The van der Waals surface area contributed by atoms with Gasteiger partial charge in [-0.25, -0.2) is 4.39 Å². The topological polar surface area (TPSA) is 50.4 Å². The minimum atomic E-state index is -0.524. The molecule has 0 aliphatic rings. The van der Waals surface area contributed by atoms with Gasteiger partial charge in [0.05, 0.1) is 18.2 Å². The number of hydrogen-bond donors (Lipinski definition) is 2. The minimum absolute atomic E-state index is 0.0337. The van der Waals surface area contributed by atoms with Crippen molar-refractivity contribution in [2.24, 2.45) is 0 Å². The molecule has 0 aliphatic heterocycles. The average Bonchev–Trinajstić information content (AvgIpc) is 2.71. The summed E-state index contributed by atoms with van der Waals surface area (Å²) in [5.41, 5.74) is 2.47. The number of ether oxygens (including phenoxy) is 1. The summed E-state index contributed by atoms with van der Waals surface area (Å²) < 4.78 is 18.9. The van der Waals surface area contributed by atoms with Crippen LogP contribution in [-0.4, -0.2) is 19.1 Å². The van der Waals surface area contributed by atoms with Crippen LogP contribution in [0.1, 0.15) is 5.56 Å². The zero-order valence-corrected chi connectivity index (χ0v) is 15.9. The van der Waals surface area contributed by atoms with Gasteiger partial charge in [0.1, 0.15) is 11.6 Å². The van der Waals surface area contributed by atoms with E-state index in [9.17, 15) is 9.18 Å². The first-order valence-corrected chi connectivity index (χ1v) is 9.23. The van der Waals surface area contributed by atoms with E-state index >= 15 is 0 Å². The predicted octanol–water partition coefficient (Wildman–Crippen LogP) is 5.15. The van der Waals surface area contributed by atoms with Crippen molar-refractivity contribution in [3.63, 3.8) is 0 Å². The van der Waals surface area contributed by atoms with Crippen LogP contribution in [0.2, 0.25) is 5.02 Å². The molecule has 4 nitrogen and oxygen atoms in total. The first-order valence-electron chi connectivity index (χ1n) is 8.86. The Balaban J connectivity index is 1.42. The van der Waals surface area contributed by atoms with Crippen molar-refractivity contribution in [1.29, 1.82) is 0 Å². The van der Waals surface area contributed by atoms with E-state index in [1.807, 2.05) is 42.5 Å². The van der Waals surface area contributed by atoms with Gasteiger partial charge >= 0.3 is 0 Å². The van der Waals surface area contributed by atoms with Gasteiger partial charge in [0.25, 0.3) is 0 Å². The molecule has 28 heavy (non-hydrogen) atoms. The third kappa shape index (κ3) is 5.99. The fraction of sp³-hybridized carbons (Fsp3) is 0.136. The summed E-state index contributed by atoms with van der Waals surface area (Å²) in [6.45, 7) is 0.669. The fourth-order valence-corrected chi connectivity index (χ4v) is 2.74. The van der Waals surface area contributed by atoms with Crippen LogP contribution in [0.25, 0.3) is 0 Å². The van der Waals surface area contributed by atoms with Crippen molar-refractivity contribution < 1.29 is 13.9 Å². The smallest absolute Gasteiger partial charge is 0.243 e. The summed E-state index contributed by atoms with van der Waals surface area (Å²) in [5.74, 6) is -0.0124. The number of carbonyl (C=O) groups excluding carboxylic acids is 1. The quantitative estimate of drug-likeness (QED) is 0.551. The summed E-state index contributed by atoms with van der Waals surface area (Å²) in [6, 6.07) is 21.6. The maximum atomic E-state index is 13.1. The maximum absolute atomic E-state index is 13.1. The highest BCUT2D eigenvalue weighted by atomic mass is 35.5. The predicted molar refractivity (Wildman–Crippen MR) is 111 cm³/mol. The largest absolute Gasteiger partial charge is 0.493 e. The number of benzene rings is 3. The Bertz CT molecular complexity index is 918. The number of amides is 1. The lowest BCUT2D eigenvalue weighted by atomic mass is 10.2. The summed E-state index contributed by atoms with van der Waals surface area (Å²) in [6.07, 6.45) is 0.842. The Kier molecular flexibility index (Phi) is 6.87. The Morgan fingerprint density at radius 2 is 1.68 bits per heavy atom. The lowest BCUT2D eigenvalue weighted by Gasteiger charge is -2.10. The Morgan fingerprint density at radius 3 is 2.39 bits per heavy atom. The van der Waals surface area contributed by atoms with E-state index in [-0.39, 0.29) is 17.5 Å². The molecule has 2 N–H and O–H groups in total. The highest BCUT2D eigenvalue weighted by molar-refractivity contribution is 6.31. The second-order valence-electron chi connectivity index (χ2n) is 6.14. The van der Waals surface area contributed by atoms with Gasteiger partial charge in [0, 0.05) is 17.8 Å². The molecular weight excluding hydrogens is 379 g/mol. The van der Waals surface area contributed by atoms with Crippen LogP contribution in [0, 0.1) is 5.82 Å². The summed E-state index contributed by atoms with van der Waals surface area (Å²) in [5, 5.41) is 5.65. The van der Waals surface area contributed by atoms with Gasteiger partial charge in [-0.05, 0) is 48.0 Å².